The minimum absolute atomic E-state index is 0.305. The van der Waals surface area contributed by atoms with Gasteiger partial charge in [-0.05, 0) is 38.0 Å². The van der Waals surface area contributed by atoms with E-state index in [0.29, 0.717) is 6.04 Å². The fraction of sp³-hybridized carbons (Fsp3) is 0.438. The normalized spacial score (nSPS) is 12.3. The van der Waals surface area contributed by atoms with Crippen LogP contribution in [0.3, 0.4) is 0 Å². The lowest BCUT2D eigenvalue weighted by atomic mass is 10.1. The van der Waals surface area contributed by atoms with Gasteiger partial charge in [0.1, 0.15) is 10.8 Å². The number of rotatable bonds is 7. The third kappa shape index (κ3) is 4.32. The molecular weight excluding hydrogens is 268 g/mol. The Hall–Kier alpha value is -1.39. The van der Waals surface area contributed by atoms with Crippen molar-refractivity contribution in [1.29, 1.82) is 0 Å². The molecule has 0 fully saturated rings. The van der Waals surface area contributed by atoms with Crippen molar-refractivity contribution in [3.63, 3.8) is 0 Å². The molecule has 20 heavy (non-hydrogen) atoms. The number of hydrogen-bond donors (Lipinski definition) is 1. The van der Waals surface area contributed by atoms with Crippen molar-refractivity contribution in [2.24, 2.45) is 0 Å². The molecule has 0 amide bonds. The quantitative estimate of drug-likeness (QED) is 0.834. The molecule has 4 heteroatoms. The summed E-state index contributed by atoms with van der Waals surface area (Å²) >= 11 is 1.74. The van der Waals surface area contributed by atoms with Crippen LogP contribution in [0.15, 0.2) is 30.5 Å². The molecule has 0 aliphatic carbocycles. The van der Waals surface area contributed by atoms with Gasteiger partial charge < -0.3 is 10.1 Å². The zero-order valence-electron chi connectivity index (χ0n) is 12.3. The van der Waals surface area contributed by atoms with E-state index in [1.165, 1.54) is 10.4 Å². The van der Waals surface area contributed by atoms with Crippen LogP contribution in [0.5, 0.6) is 5.75 Å². The minimum atomic E-state index is 0.305. The van der Waals surface area contributed by atoms with E-state index in [2.05, 4.69) is 43.2 Å². The standard InChI is InChI=1S/C16H22N2OS/c1-4-9-19-15-7-5-14(6-8-15)13(3)17-11-16-18-10-12(2)20-16/h5-8,10,13,17H,4,9,11H2,1-3H3. The van der Waals surface area contributed by atoms with Gasteiger partial charge in [0.05, 0.1) is 6.61 Å². The predicted octanol–water partition coefficient (Wildman–Crippen LogP) is 4.09. The number of aromatic nitrogens is 1. The summed E-state index contributed by atoms with van der Waals surface area (Å²) < 4.78 is 5.59. The molecular formula is C16H22N2OS. The lowest BCUT2D eigenvalue weighted by Gasteiger charge is -2.14. The second-order valence-electron chi connectivity index (χ2n) is 4.88. The number of thiazole rings is 1. The maximum absolute atomic E-state index is 5.59. The Labute approximate surface area is 125 Å². The Kier molecular flexibility index (Phi) is 5.56. The lowest BCUT2D eigenvalue weighted by Crippen LogP contribution is -2.17. The SMILES string of the molecule is CCCOc1ccc(C(C)NCc2ncc(C)s2)cc1. The van der Waals surface area contributed by atoms with E-state index >= 15 is 0 Å². The highest BCUT2D eigenvalue weighted by Gasteiger charge is 2.06. The van der Waals surface area contributed by atoms with E-state index in [4.69, 9.17) is 4.74 Å². The first-order valence-electron chi connectivity index (χ1n) is 7.06. The van der Waals surface area contributed by atoms with Gasteiger partial charge in [0.15, 0.2) is 0 Å². The summed E-state index contributed by atoms with van der Waals surface area (Å²) in [4.78, 5) is 5.62. The molecule has 2 rings (SSSR count). The number of aryl methyl sites for hydroxylation is 1. The monoisotopic (exact) mass is 290 g/mol. The van der Waals surface area contributed by atoms with Gasteiger partial charge in [-0.25, -0.2) is 4.98 Å². The van der Waals surface area contributed by atoms with Gasteiger partial charge in [0.25, 0.3) is 0 Å². The number of ether oxygens (including phenoxy) is 1. The van der Waals surface area contributed by atoms with Gasteiger partial charge in [0.2, 0.25) is 0 Å². The van der Waals surface area contributed by atoms with Crippen LogP contribution in [0.4, 0.5) is 0 Å². The van der Waals surface area contributed by atoms with E-state index in [-0.39, 0.29) is 0 Å². The van der Waals surface area contributed by atoms with Gasteiger partial charge in [-0.3, -0.25) is 0 Å². The number of nitrogens with zero attached hydrogens (tertiary/aromatic N) is 1. The number of nitrogens with one attached hydrogen (secondary N) is 1. The maximum atomic E-state index is 5.59. The van der Waals surface area contributed by atoms with Crippen molar-refractivity contribution >= 4 is 11.3 Å². The fourth-order valence-corrected chi connectivity index (χ4v) is 2.65. The third-order valence-electron chi connectivity index (χ3n) is 3.08. The molecule has 0 aliphatic rings. The number of hydrogen-bond acceptors (Lipinski definition) is 4. The van der Waals surface area contributed by atoms with Crippen LogP contribution < -0.4 is 10.1 Å². The summed E-state index contributed by atoms with van der Waals surface area (Å²) in [6, 6.07) is 8.62. The largest absolute Gasteiger partial charge is 0.494 e. The Bertz CT molecular complexity index is 522. The average molecular weight is 290 g/mol. The average Bonchev–Trinajstić information content (AvgIpc) is 2.89. The highest BCUT2D eigenvalue weighted by molar-refractivity contribution is 7.11. The molecule has 2 aromatic rings. The van der Waals surface area contributed by atoms with Gasteiger partial charge in [-0.15, -0.1) is 11.3 Å². The maximum Gasteiger partial charge on any atom is 0.119 e. The van der Waals surface area contributed by atoms with Crippen molar-refractivity contribution in [3.8, 4) is 5.75 Å². The van der Waals surface area contributed by atoms with Crippen molar-refractivity contribution in [1.82, 2.24) is 10.3 Å². The van der Waals surface area contributed by atoms with Gasteiger partial charge in [-0.2, -0.15) is 0 Å². The molecule has 1 aromatic carbocycles. The molecule has 1 aromatic heterocycles. The van der Waals surface area contributed by atoms with Crippen molar-refractivity contribution in [3.05, 3.63) is 45.9 Å². The van der Waals surface area contributed by atoms with Crippen molar-refractivity contribution < 1.29 is 4.74 Å². The van der Waals surface area contributed by atoms with Crippen LogP contribution in [0.1, 0.15) is 41.8 Å². The summed E-state index contributed by atoms with van der Waals surface area (Å²) in [6.45, 7) is 7.95. The van der Waals surface area contributed by atoms with Gasteiger partial charge >= 0.3 is 0 Å². The molecule has 0 spiro atoms. The second-order valence-corrected chi connectivity index (χ2v) is 6.20. The van der Waals surface area contributed by atoms with Gasteiger partial charge in [-0.1, -0.05) is 19.1 Å². The zero-order chi connectivity index (χ0) is 14.4. The van der Waals surface area contributed by atoms with Crippen LogP contribution in [0, 0.1) is 6.92 Å². The lowest BCUT2D eigenvalue weighted by molar-refractivity contribution is 0.317. The Balaban J connectivity index is 1.86. The van der Waals surface area contributed by atoms with Gasteiger partial charge in [0, 0.05) is 23.7 Å². The molecule has 0 saturated heterocycles. The van der Waals surface area contributed by atoms with E-state index in [9.17, 15) is 0 Å². The first-order chi connectivity index (χ1) is 9.69. The Morgan fingerprint density at radius 3 is 2.65 bits per heavy atom. The third-order valence-corrected chi connectivity index (χ3v) is 3.99. The van der Waals surface area contributed by atoms with E-state index in [0.717, 1.165) is 30.3 Å². The zero-order valence-corrected chi connectivity index (χ0v) is 13.2. The molecule has 3 nitrogen and oxygen atoms in total. The molecule has 1 atom stereocenters. The molecule has 108 valence electrons. The highest BCUT2D eigenvalue weighted by Crippen LogP contribution is 2.19. The van der Waals surface area contributed by atoms with Crippen LogP contribution in [-0.2, 0) is 6.54 Å². The molecule has 0 bridgehead atoms. The number of benzene rings is 1. The molecule has 1 N–H and O–H groups in total. The van der Waals surface area contributed by atoms with Crippen molar-refractivity contribution in [2.75, 3.05) is 6.61 Å². The second kappa shape index (κ2) is 7.41. The van der Waals surface area contributed by atoms with E-state index in [1.54, 1.807) is 11.3 Å². The summed E-state index contributed by atoms with van der Waals surface area (Å²) in [6.07, 6.45) is 2.96. The van der Waals surface area contributed by atoms with Crippen LogP contribution >= 0.6 is 11.3 Å². The molecule has 0 aliphatic heterocycles. The molecule has 0 radical (unpaired) electrons. The topological polar surface area (TPSA) is 34.1 Å². The van der Waals surface area contributed by atoms with Crippen LogP contribution in [-0.4, -0.2) is 11.6 Å². The Morgan fingerprint density at radius 1 is 1.30 bits per heavy atom. The molecule has 0 saturated carbocycles. The highest BCUT2D eigenvalue weighted by atomic mass is 32.1. The van der Waals surface area contributed by atoms with Crippen LogP contribution in [0.25, 0.3) is 0 Å². The predicted molar refractivity (Wildman–Crippen MR) is 84.3 cm³/mol. The first-order valence-corrected chi connectivity index (χ1v) is 7.88. The minimum Gasteiger partial charge on any atom is -0.494 e. The molecule has 1 unspecified atom stereocenters. The smallest absolute Gasteiger partial charge is 0.119 e. The van der Waals surface area contributed by atoms with Crippen LogP contribution in [0.2, 0.25) is 0 Å². The Morgan fingerprint density at radius 2 is 2.05 bits per heavy atom. The van der Waals surface area contributed by atoms with E-state index in [1.807, 2.05) is 18.3 Å². The fourth-order valence-electron chi connectivity index (χ4n) is 1.91. The van der Waals surface area contributed by atoms with Crippen molar-refractivity contribution in [2.45, 2.75) is 39.8 Å². The summed E-state index contributed by atoms with van der Waals surface area (Å²) in [5, 5.41) is 4.63. The summed E-state index contributed by atoms with van der Waals surface area (Å²) in [7, 11) is 0. The first kappa shape index (κ1) is 15.0. The van der Waals surface area contributed by atoms with E-state index < -0.39 is 0 Å². The summed E-state index contributed by atoms with van der Waals surface area (Å²) in [5.41, 5.74) is 1.27. The summed E-state index contributed by atoms with van der Waals surface area (Å²) in [5.74, 6) is 0.943. The molecule has 1 heterocycles.